The molecule has 1 aromatic rings. The molecule has 0 aromatic heterocycles. The summed E-state index contributed by atoms with van der Waals surface area (Å²) in [6, 6.07) is 4.92. The Hall–Kier alpha value is -1.62. The van der Waals surface area contributed by atoms with E-state index in [0.29, 0.717) is 19.5 Å². The van der Waals surface area contributed by atoms with E-state index in [1.54, 1.807) is 13.0 Å². The van der Waals surface area contributed by atoms with Crippen LogP contribution in [-0.2, 0) is 11.3 Å². The van der Waals surface area contributed by atoms with Crippen molar-refractivity contribution >= 4 is 11.7 Å². The number of carboxylic acid groups (broad SMARTS) is 1. The second-order valence-corrected chi connectivity index (χ2v) is 7.23. The Morgan fingerprint density at radius 3 is 2.79 bits per heavy atom. The van der Waals surface area contributed by atoms with Crippen molar-refractivity contribution in [1.29, 1.82) is 0 Å². The first-order chi connectivity index (χ1) is 11.4. The van der Waals surface area contributed by atoms with E-state index in [1.165, 1.54) is 18.9 Å². The summed E-state index contributed by atoms with van der Waals surface area (Å²) in [5.74, 6) is -0.989. The molecule has 24 heavy (non-hydrogen) atoms. The van der Waals surface area contributed by atoms with Crippen molar-refractivity contribution in [3.05, 3.63) is 29.6 Å². The zero-order valence-corrected chi connectivity index (χ0v) is 15.0. The van der Waals surface area contributed by atoms with Crippen LogP contribution in [0.15, 0.2) is 18.2 Å². The second kappa shape index (κ2) is 7.97. The number of carboxylic acids is 1. The first kappa shape index (κ1) is 18.7. The highest BCUT2D eigenvalue weighted by atomic mass is 19.1. The number of nitrogens with zero attached hydrogens (tertiary/aromatic N) is 2. The topological polar surface area (TPSA) is 43.8 Å². The molecule has 1 aliphatic heterocycles. The molecule has 134 valence electrons. The fourth-order valence-corrected chi connectivity index (χ4v) is 3.38. The third kappa shape index (κ3) is 4.47. The van der Waals surface area contributed by atoms with Crippen LogP contribution in [0.5, 0.6) is 0 Å². The van der Waals surface area contributed by atoms with Crippen LogP contribution in [0.3, 0.4) is 0 Å². The van der Waals surface area contributed by atoms with Gasteiger partial charge in [0.05, 0.1) is 5.41 Å². The van der Waals surface area contributed by atoms with Crippen molar-refractivity contribution < 1.29 is 14.3 Å². The molecule has 0 bridgehead atoms. The van der Waals surface area contributed by atoms with Gasteiger partial charge in [-0.1, -0.05) is 19.8 Å². The van der Waals surface area contributed by atoms with Gasteiger partial charge in [-0.25, -0.2) is 4.39 Å². The van der Waals surface area contributed by atoms with Gasteiger partial charge in [-0.05, 0) is 50.1 Å². The lowest BCUT2D eigenvalue weighted by Gasteiger charge is -2.25. The van der Waals surface area contributed by atoms with Gasteiger partial charge in [0.2, 0.25) is 0 Å². The predicted octanol–water partition coefficient (Wildman–Crippen LogP) is 3.75. The van der Waals surface area contributed by atoms with E-state index in [1.807, 2.05) is 13.1 Å². The Balaban J connectivity index is 2.09. The van der Waals surface area contributed by atoms with Crippen molar-refractivity contribution in [2.45, 2.75) is 46.1 Å². The second-order valence-electron chi connectivity index (χ2n) is 7.23. The van der Waals surface area contributed by atoms with Gasteiger partial charge in [-0.3, -0.25) is 9.69 Å². The van der Waals surface area contributed by atoms with Gasteiger partial charge in [0.1, 0.15) is 5.82 Å². The Morgan fingerprint density at radius 2 is 2.17 bits per heavy atom. The smallest absolute Gasteiger partial charge is 0.310 e. The molecule has 1 heterocycles. The molecule has 0 radical (unpaired) electrons. The summed E-state index contributed by atoms with van der Waals surface area (Å²) in [5.41, 5.74) is 1.28. The third-order valence-corrected chi connectivity index (χ3v) is 5.01. The number of halogens is 1. The van der Waals surface area contributed by atoms with Crippen LogP contribution in [-0.4, -0.2) is 42.7 Å². The summed E-state index contributed by atoms with van der Waals surface area (Å²) in [6.07, 6.45) is 4.11. The zero-order chi connectivity index (χ0) is 17.7. The monoisotopic (exact) mass is 336 g/mol. The van der Waals surface area contributed by atoms with E-state index in [2.05, 4.69) is 16.7 Å². The van der Waals surface area contributed by atoms with Crippen molar-refractivity contribution in [3.63, 3.8) is 0 Å². The van der Waals surface area contributed by atoms with Crippen molar-refractivity contribution in [2.24, 2.45) is 5.41 Å². The Bertz CT molecular complexity index is 578. The molecule has 0 saturated carbocycles. The molecule has 4 nitrogen and oxygen atoms in total. The number of benzene rings is 1. The molecule has 0 aliphatic carbocycles. The Kier molecular flexibility index (Phi) is 6.21. The zero-order valence-electron chi connectivity index (χ0n) is 15.0. The Morgan fingerprint density at radius 1 is 1.42 bits per heavy atom. The summed E-state index contributed by atoms with van der Waals surface area (Å²) in [7, 11) is 2.04. The minimum Gasteiger partial charge on any atom is -0.481 e. The van der Waals surface area contributed by atoms with Crippen LogP contribution in [0.25, 0.3) is 0 Å². The minimum absolute atomic E-state index is 0.240. The standard InChI is InChI=1S/C19H29FN2O2/c1-4-5-6-10-21(3)17-8-7-16(20)12-15(17)13-22-11-9-19(2,14-22)18(23)24/h7-8,12H,4-6,9-11,13-14H2,1-3H3,(H,23,24). The molecule has 1 saturated heterocycles. The maximum absolute atomic E-state index is 13.7. The average Bonchev–Trinajstić information content (AvgIpc) is 2.90. The maximum atomic E-state index is 13.7. The highest BCUT2D eigenvalue weighted by Crippen LogP contribution is 2.32. The number of likely N-dealkylation sites (tertiary alicyclic amines) is 1. The number of hydrogen-bond acceptors (Lipinski definition) is 3. The molecule has 1 aromatic carbocycles. The summed E-state index contributed by atoms with van der Waals surface area (Å²) >= 11 is 0. The SMILES string of the molecule is CCCCCN(C)c1ccc(F)cc1CN1CCC(C)(C(=O)O)C1. The number of aliphatic carboxylic acids is 1. The first-order valence-electron chi connectivity index (χ1n) is 8.81. The van der Waals surface area contributed by atoms with Crippen molar-refractivity contribution in [1.82, 2.24) is 4.90 Å². The molecule has 2 rings (SSSR count). The molecule has 5 heteroatoms. The molecule has 0 amide bonds. The van der Waals surface area contributed by atoms with E-state index in [4.69, 9.17) is 0 Å². The number of unbranched alkanes of at least 4 members (excludes halogenated alkanes) is 2. The summed E-state index contributed by atoms with van der Waals surface area (Å²) < 4.78 is 13.7. The van der Waals surface area contributed by atoms with Crippen LogP contribution in [0.2, 0.25) is 0 Å². The summed E-state index contributed by atoms with van der Waals surface area (Å²) in [4.78, 5) is 15.7. The van der Waals surface area contributed by atoms with E-state index < -0.39 is 11.4 Å². The normalized spacial score (nSPS) is 21.2. The van der Waals surface area contributed by atoms with E-state index >= 15 is 0 Å². The third-order valence-electron chi connectivity index (χ3n) is 5.01. The lowest BCUT2D eigenvalue weighted by atomic mass is 9.90. The number of anilines is 1. The van der Waals surface area contributed by atoms with E-state index in [-0.39, 0.29) is 5.82 Å². The number of carbonyl (C=O) groups is 1. The lowest BCUT2D eigenvalue weighted by molar-refractivity contribution is -0.147. The molecular weight excluding hydrogens is 307 g/mol. The van der Waals surface area contributed by atoms with Crippen LogP contribution >= 0.6 is 0 Å². The minimum atomic E-state index is -0.749. The lowest BCUT2D eigenvalue weighted by Crippen LogP contribution is -2.32. The molecule has 1 atom stereocenters. The molecule has 1 fully saturated rings. The van der Waals surface area contributed by atoms with Gasteiger partial charge in [0, 0.05) is 32.4 Å². The predicted molar refractivity (Wildman–Crippen MR) is 94.8 cm³/mol. The summed E-state index contributed by atoms with van der Waals surface area (Å²) in [6.45, 7) is 6.75. The molecular formula is C19H29FN2O2. The first-order valence-corrected chi connectivity index (χ1v) is 8.81. The van der Waals surface area contributed by atoms with Gasteiger partial charge >= 0.3 is 5.97 Å². The quantitative estimate of drug-likeness (QED) is 0.734. The van der Waals surface area contributed by atoms with Crippen molar-refractivity contribution in [2.75, 3.05) is 31.6 Å². The van der Waals surface area contributed by atoms with E-state index in [0.717, 1.165) is 30.8 Å². The van der Waals surface area contributed by atoms with Crippen LogP contribution in [0.1, 0.15) is 45.1 Å². The van der Waals surface area contributed by atoms with Crippen LogP contribution in [0, 0.1) is 11.2 Å². The Labute approximate surface area is 144 Å². The van der Waals surface area contributed by atoms with Gasteiger partial charge in [-0.15, -0.1) is 0 Å². The van der Waals surface area contributed by atoms with Crippen molar-refractivity contribution in [3.8, 4) is 0 Å². The van der Waals surface area contributed by atoms with E-state index in [9.17, 15) is 14.3 Å². The number of rotatable bonds is 8. The fraction of sp³-hybridized carbons (Fsp3) is 0.632. The van der Waals surface area contributed by atoms with Crippen LogP contribution in [0.4, 0.5) is 10.1 Å². The van der Waals surface area contributed by atoms with Gasteiger partial charge < -0.3 is 10.0 Å². The fourth-order valence-electron chi connectivity index (χ4n) is 3.38. The van der Waals surface area contributed by atoms with Gasteiger partial charge in [-0.2, -0.15) is 0 Å². The molecule has 1 unspecified atom stereocenters. The summed E-state index contributed by atoms with van der Waals surface area (Å²) in [5, 5.41) is 9.37. The largest absolute Gasteiger partial charge is 0.481 e. The molecule has 0 spiro atoms. The molecule has 1 aliphatic rings. The van der Waals surface area contributed by atoms with Crippen LogP contribution < -0.4 is 4.90 Å². The van der Waals surface area contributed by atoms with Gasteiger partial charge in [0.25, 0.3) is 0 Å². The highest BCUT2D eigenvalue weighted by molar-refractivity contribution is 5.74. The molecule has 1 N–H and O–H groups in total. The number of hydrogen-bond donors (Lipinski definition) is 1. The maximum Gasteiger partial charge on any atom is 0.310 e. The average molecular weight is 336 g/mol. The highest BCUT2D eigenvalue weighted by Gasteiger charge is 2.40. The van der Waals surface area contributed by atoms with Gasteiger partial charge in [0.15, 0.2) is 0 Å².